The topological polar surface area (TPSA) is 51.5 Å². The molecule has 1 N–H and O–H groups in total. The van der Waals surface area contributed by atoms with E-state index in [1.54, 1.807) is 12.3 Å². The summed E-state index contributed by atoms with van der Waals surface area (Å²) in [5, 5.41) is 3.87. The van der Waals surface area contributed by atoms with Gasteiger partial charge < -0.3 is 14.5 Å². The molecule has 5 heteroatoms. The number of carbonyl (C=O) groups is 1. The quantitative estimate of drug-likeness (QED) is 0.444. The van der Waals surface area contributed by atoms with Crippen molar-refractivity contribution in [1.29, 1.82) is 0 Å². The summed E-state index contributed by atoms with van der Waals surface area (Å²) in [5.74, 6) is 0.617. The van der Waals surface area contributed by atoms with Gasteiger partial charge in [0.05, 0.1) is 12.9 Å². The van der Waals surface area contributed by atoms with Crippen LogP contribution in [0.1, 0.15) is 32.8 Å². The molecule has 1 heterocycles. The maximum Gasteiger partial charge on any atom is 0.244 e. The van der Waals surface area contributed by atoms with Gasteiger partial charge in [0.25, 0.3) is 0 Å². The summed E-state index contributed by atoms with van der Waals surface area (Å²) in [6.07, 6.45) is 4.29. The predicted octanol–water partition coefficient (Wildman–Crippen LogP) is 6.19. The Labute approximate surface area is 173 Å². The number of rotatable bonds is 7. The second kappa shape index (κ2) is 9.11. The van der Waals surface area contributed by atoms with Crippen LogP contribution in [-0.4, -0.2) is 19.1 Å². The van der Waals surface area contributed by atoms with Gasteiger partial charge in [0.1, 0.15) is 11.3 Å². The highest BCUT2D eigenvalue weighted by molar-refractivity contribution is 9.10. The predicted molar refractivity (Wildman–Crippen MR) is 117 cm³/mol. The van der Waals surface area contributed by atoms with Crippen LogP contribution in [-0.2, 0) is 4.79 Å². The molecule has 3 rings (SSSR count). The molecule has 0 atom stereocenters. The summed E-state index contributed by atoms with van der Waals surface area (Å²) in [7, 11) is 0. The number of fused-ring (bicyclic) bond motifs is 1. The minimum absolute atomic E-state index is 0.0952. The zero-order valence-corrected chi connectivity index (χ0v) is 17.9. The van der Waals surface area contributed by atoms with Crippen LogP contribution in [0.2, 0.25) is 0 Å². The lowest BCUT2D eigenvalue weighted by Gasteiger charge is -2.12. The minimum Gasteiger partial charge on any atom is -0.493 e. The first kappa shape index (κ1) is 20.2. The first-order valence-electron chi connectivity index (χ1n) is 9.44. The molecule has 3 aromatic rings. The van der Waals surface area contributed by atoms with Crippen LogP contribution in [0.25, 0.3) is 27.7 Å². The normalized spacial score (nSPS) is 11.6. The van der Waals surface area contributed by atoms with E-state index < -0.39 is 0 Å². The smallest absolute Gasteiger partial charge is 0.244 e. The van der Waals surface area contributed by atoms with Crippen LogP contribution >= 0.6 is 15.9 Å². The fraction of sp³-hybridized carbons (Fsp3) is 0.261. The third kappa shape index (κ3) is 4.47. The van der Waals surface area contributed by atoms with Crippen LogP contribution in [0, 0.1) is 0 Å². The van der Waals surface area contributed by atoms with Crippen molar-refractivity contribution in [2.75, 3.05) is 13.2 Å². The third-order valence-electron chi connectivity index (χ3n) is 4.45. The Morgan fingerprint density at radius 3 is 2.64 bits per heavy atom. The van der Waals surface area contributed by atoms with E-state index in [2.05, 4.69) is 21.2 Å². The summed E-state index contributed by atoms with van der Waals surface area (Å²) in [6, 6.07) is 12.1. The van der Waals surface area contributed by atoms with Gasteiger partial charge in [-0.2, -0.15) is 0 Å². The van der Waals surface area contributed by atoms with E-state index in [1.165, 1.54) is 0 Å². The van der Waals surface area contributed by atoms with Crippen molar-refractivity contribution in [2.24, 2.45) is 0 Å². The lowest BCUT2D eigenvalue weighted by Crippen LogP contribution is -2.21. The zero-order valence-electron chi connectivity index (χ0n) is 16.3. The zero-order chi connectivity index (χ0) is 20.1. The molecule has 1 aromatic heterocycles. The monoisotopic (exact) mass is 441 g/mol. The third-order valence-corrected chi connectivity index (χ3v) is 4.98. The van der Waals surface area contributed by atoms with Crippen molar-refractivity contribution in [2.45, 2.75) is 27.2 Å². The average molecular weight is 442 g/mol. The fourth-order valence-electron chi connectivity index (χ4n) is 3.06. The van der Waals surface area contributed by atoms with E-state index in [1.807, 2.05) is 57.2 Å². The largest absolute Gasteiger partial charge is 0.493 e. The summed E-state index contributed by atoms with van der Waals surface area (Å²) in [5.41, 5.74) is 4.57. The molecule has 0 aliphatic rings. The molecule has 0 fully saturated rings. The van der Waals surface area contributed by atoms with Crippen molar-refractivity contribution in [3.63, 3.8) is 0 Å². The highest BCUT2D eigenvalue weighted by Gasteiger charge is 2.15. The molecule has 0 unspecified atom stereocenters. The number of ether oxygens (including phenoxy) is 1. The maximum absolute atomic E-state index is 12.1. The molecule has 0 saturated heterocycles. The second-order valence-corrected chi connectivity index (χ2v) is 7.47. The van der Waals surface area contributed by atoms with Gasteiger partial charge in [0, 0.05) is 39.7 Å². The minimum atomic E-state index is -0.0952. The molecule has 1 amide bonds. The number of furan rings is 1. The van der Waals surface area contributed by atoms with Crippen molar-refractivity contribution in [3.8, 4) is 16.9 Å². The highest BCUT2D eigenvalue weighted by Crippen LogP contribution is 2.37. The van der Waals surface area contributed by atoms with Gasteiger partial charge in [-0.3, -0.25) is 4.79 Å². The number of halogens is 1. The number of benzene rings is 2. The molecule has 28 heavy (non-hydrogen) atoms. The SMILES string of the molecule is CCCNC(=O)/C=C(\C)c1cc2c(-c3ccc(Br)cc3)coc2cc1OCC. The van der Waals surface area contributed by atoms with Gasteiger partial charge in [-0.1, -0.05) is 35.0 Å². The molecule has 0 aliphatic heterocycles. The van der Waals surface area contributed by atoms with Crippen molar-refractivity contribution in [1.82, 2.24) is 5.32 Å². The molecule has 0 bridgehead atoms. The van der Waals surface area contributed by atoms with E-state index >= 15 is 0 Å². The Kier molecular flexibility index (Phi) is 6.57. The maximum atomic E-state index is 12.1. The van der Waals surface area contributed by atoms with Gasteiger partial charge in [-0.25, -0.2) is 0 Å². The fourth-order valence-corrected chi connectivity index (χ4v) is 3.33. The van der Waals surface area contributed by atoms with Gasteiger partial charge in [0.2, 0.25) is 5.91 Å². The Hall–Kier alpha value is -2.53. The second-order valence-electron chi connectivity index (χ2n) is 6.55. The van der Waals surface area contributed by atoms with Gasteiger partial charge in [-0.05, 0) is 49.6 Å². The van der Waals surface area contributed by atoms with Crippen molar-refractivity contribution in [3.05, 3.63) is 58.8 Å². The van der Waals surface area contributed by atoms with E-state index in [0.717, 1.165) is 44.1 Å². The number of hydrogen-bond acceptors (Lipinski definition) is 3. The highest BCUT2D eigenvalue weighted by atomic mass is 79.9. The van der Waals surface area contributed by atoms with Crippen LogP contribution in [0.3, 0.4) is 0 Å². The lowest BCUT2D eigenvalue weighted by atomic mass is 9.99. The molecule has 0 saturated carbocycles. The van der Waals surface area contributed by atoms with Gasteiger partial charge >= 0.3 is 0 Å². The van der Waals surface area contributed by atoms with Crippen molar-refractivity contribution < 1.29 is 13.9 Å². The first-order chi connectivity index (χ1) is 13.5. The van der Waals surface area contributed by atoms with Crippen LogP contribution in [0.5, 0.6) is 5.75 Å². The molecule has 4 nitrogen and oxygen atoms in total. The number of nitrogens with one attached hydrogen (secondary N) is 1. The van der Waals surface area contributed by atoms with Crippen LogP contribution in [0.4, 0.5) is 0 Å². The molecule has 0 radical (unpaired) electrons. The summed E-state index contributed by atoms with van der Waals surface area (Å²) < 4.78 is 12.6. The van der Waals surface area contributed by atoms with Crippen LogP contribution < -0.4 is 10.1 Å². The molecule has 0 spiro atoms. The molecule has 2 aromatic carbocycles. The van der Waals surface area contributed by atoms with Crippen LogP contribution in [0.15, 0.2) is 57.6 Å². The standard InChI is InChI=1S/C23H24BrNO3/c1-4-10-25-23(26)11-15(3)18-12-19-20(16-6-8-17(24)9-7-16)14-28-22(19)13-21(18)27-5-2/h6-9,11-14H,4-5,10H2,1-3H3,(H,25,26)/b15-11+. The number of carbonyl (C=O) groups excluding carboxylic acids is 1. The lowest BCUT2D eigenvalue weighted by molar-refractivity contribution is -0.116. The van der Waals surface area contributed by atoms with E-state index in [9.17, 15) is 4.79 Å². The Morgan fingerprint density at radius 2 is 1.96 bits per heavy atom. The van der Waals surface area contributed by atoms with E-state index in [-0.39, 0.29) is 5.91 Å². The Bertz CT molecular complexity index is 1000. The number of hydrogen-bond donors (Lipinski definition) is 1. The molecule has 146 valence electrons. The number of allylic oxidation sites excluding steroid dienone is 1. The van der Waals surface area contributed by atoms with E-state index in [4.69, 9.17) is 9.15 Å². The van der Waals surface area contributed by atoms with E-state index in [0.29, 0.717) is 18.9 Å². The molecule has 0 aliphatic carbocycles. The first-order valence-corrected chi connectivity index (χ1v) is 10.2. The summed E-state index contributed by atoms with van der Waals surface area (Å²) >= 11 is 3.47. The Morgan fingerprint density at radius 1 is 1.21 bits per heavy atom. The van der Waals surface area contributed by atoms with Crippen molar-refractivity contribution >= 4 is 38.4 Å². The van der Waals surface area contributed by atoms with Gasteiger partial charge in [0.15, 0.2) is 0 Å². The number of amides is 1. The average Bonchev–Trinajstić information content (AvgIpc) is 3.09. The Balaban J connectivity index is 2.08. The summed E-state index contributed by atoms with van der Waals surface area (Å²) in [4.78, 5) is 12.1. The molecular weight excluding hydrogens is 418 g/mol. The summed E-state index contributed by atoms with van der Waals surface area (Å²) in [6.45, 7) is 7.09. The molecular formula is C23H24BrNO3. The van der Waals surface area contributed by atoms with Gasteiger partial charge in [-0.15, -0.1) is 0 Å².